The molecule has 2 rings (SSSR count). The quantitative estimate of drug-likeness (QED) is 0.857. The number of hydrogen-bond acceptors (Lipinski definition) is 3. The largest absolute Gasteiger partial charge is 0.466 e. The highest BCUT2D eigenvalue weighted by Crippen LogP contribution is 2.26. The summed E-state index contributed by atoms with van der Waals surface area (Å²) in [4.78, 5) is 11.6. The molecule has 0 bridgehead atoms. The van der Waals surface area contributed by atoms with Gasteiger partial charge in [-0.25, -0.2) is 0 Å². The van der Waals surface area contributed by atoms with Crippen LogP contribution in [0.4, 0.5) is 0 Å². The van der Waals surface area contributed by atoms with Crippen molar-refractivity contribution in [2.45, 2.75) is 20.0 Å². The second-order valence-corrected chi connectivity index (χ2v) is 4.59. The third-order valence-electron chi connectivity index (χ3n) is 3.25. The summed E-state index contributed by atoms with van der Waals surface area (Å²) in [5.74, 6) is -0.940. The number of rotatable bonds is 4. The van der Waals surface area contributed by atoms with Crippen LogP contribution in [0.2, 0.25) is 0 Å². The molecule has 0 fully saturated rings. The van der Waals surface area contributed by atoms with Crippen molar-refractivity contribution >= 4 is 16.7 Å². The molecule has 0 saturated heterocycles. The maximum atomic E-state index is 11.6. The average Bonchev–Trinajstić information content (AvgIpc) is 2.45. The van der Waals surface area contributed by atoms with Crippen LogP contribution in [0.1, 0.15) is 25.5 Å². The molecule has 2 atom stereocenters. The van der Waals surface area contributed by atoms with E-state index in [-0.39, 0.29) is 5.97 Å². The smallest absolute Gasteiger partial charge is 0.311 e. The molecule has 2 aromatic carbocycles. The number of esters is 1. The molecular weight excluding hydrogens is 240 g/mol. The van der Waals surface area contributed by atoms with Gasteiger partial charge < -0.3 is 9.84 Å². The molecular formula is C16H18O3. The standard InChI is InChI=1S/C16H18O3/c1-3-19-16(18)11(2)15(17)14-9-8-12-6-4-5-7-13(12)10-14/h4-11,15,17H,3H2,1-2H3/t11-,15+/m1/s1. The summed E-state index contributed by atoms with van der Waals surface area (Å²) in [5, 5.41) is 12.4. The summed E-state index contributed by atoms with van der Waals surface area (Å²) >= 11 is 0. The van der Waals surface area contributed by atoms with Crippen LogP contribution in [0, 0.1) is 5.92 Å². The van der Waals surface area contributed by atoms with Crippen LogP contribution in [0.5, 0.6) is 0 Å². The predicted molar refractivity (Wildman–Crippen MR) is 74.7 cm³/mol. The van der Waals surface area contributed by atoms with Crippen LogP contribution < -0.4 is 0 Å². The fraction of sp³-hybridized carbons (Fsp3) is 0.312. The van der Waals surface area contributed by atoms with Gasteiger partial charge in [0.25, 0.3) is 0 Å². The van der Waals surface area contributed by atoms with Gasteiger partial charge in [-0.1, -0.05) is 36.4 Å². The van der Waals surface area contributed by atoms with Gasteiger partial charge in [0.15, 0.2) is 0 Å². The second kappa shape index (κ2) is 5.85. The summed E-state index contributed by atoms with van der Waals surface area (Å²) in [6, 6.07) is 13.6. The first-order valence-corrected chi connectivity index (χ1v) is 6.47. The third kappa shape index (κ3) is 2.93. The number of fused-ring (bicyclic) bond motifs is 1. The normalized spacial score (nSPS) is 14.1. The monoisotopic (exact) mass is 258 g/mol. The van der Waals surface area contributed by atoms with Gasteiger partial charge in [0, 0.05) is 0 Å². The number of carbonyl (C=O) groups is 1. The highest BCUT2D eigenvalue weighted by Gasteiger charge is 2.24. The molecule has 100 valence electrons. The molecule has 0 aliphatic rings. The van der Waals surface area contributed by atoms with Gasteiger partial charge in [0.1, 0.15) is 0 Å². The third-order valence-corrected chi connectivity index (χ3v) is 3.25. The van der Waals surface area contributed by atoms with Gasteiger partial charge in [-0.05, 0) is 36.2 Å². The maximum Gasteiger partial charge on any atom is 0.311 e. The Hall–Kier alpha value is -1.87. The zero-order valence-corrected chi connectivity index (χ0v) is 11.2. The first-order chi connectivity index (χ1) is 9.13. The number of ether oxygens (including phenoxy) is 1. The molecule has 3 heteroatoms. The van der Waals surface area contributed by atoms with Crippen LogP contribution in [-0.4, -0.2) is 17.7 Å². The minimum absolute atomic E-state index is 0.327. The Kier molecular flexibility index (Phi) is 4.17. The van der Waals surface area contributed by atoms with E-state index in [0.717, 1.165) is 16.3 Å². The Balaban J connectivity index is 2.25. The molecule has 0 aliphatic carbocycles. The number of aliphatic hydroxyl groups excluding tert-OH is 1. The highest BCUT2D eigenvalue weighted by molar-refractivity contribution is 5.83. The van der Waals surface area contributed by atoms with E-state index in [1.165, 1.54) is 0 Å². The molecule has 0 spiro atoms. The van der Waals surface area contributed by atoms with Gasteiger partial charge >= 0.3 is 5.97 Å². The van der Waals surface area contributed by atoms with E-state index in [0.29, 0.717) is 6.61 Å². The van der Waals surface area contributed by atoms with Crippen molar-refractivity contribution in [3.63, 3.8) is 0 Å². The van der Waals surface area contributed by atoms with Crippen molar-refractivity contribution in [2.75, 3.05) is 6.61 Å². The molecule has 0 aromatic heterocycles. The van der Waals surface area contributed by atoms with E-state index in [9.17, 15) is 9.90 Å². The number of hydrogen-bond donors (Lipinski definition) is 1. The molecule has 19 heavy (non-hydrogen) atoms. The van der Waals surface area contributed by atoms with E-state index >= 15 is 0 Å². The van der Waals surface area contributed by atoms with E-state index < -0.39 is 12.0 Å². The van der Waals surface area contributed by atoms with Crippen molar-refractivity contribution in [1.29, 1.82) is 0 Å². The minimum atomic E-state index is -0.844. The molecule has 0 unspecified atom stereocenters. The van der Waals surface area contributed by atoms with Crippen molar-refractivity contribution in [2.24, 2.45) is 5.92 Å². The molecule has 1 N–H and O–H groups in total. The zero-order chi connectivity index (χ0) is 13.8. The maximum absolute atomic E-state index is 11.6. The molecule has 0 radical (unpaired) electrons. The SMILES string of the molecule is CCOC(=O)[C@H](C)[C@H](O)c1ccc2ccccc2c1. The van der Waals surface area contributed by atoms with Crippen LogP contribution in [0.25, 0.3) is 10.8 Å². The van der Waals surface area contributed by atoms with E-state index in [1.807, 2.05) is 42.5 Å². The lowest BCUT2D eigenvalue weighted by Crippen LogP contribution is -2.21. The van der Waals surface area contributed by atoms with E-state index in [1.54, 1.807) is 13.8 Å². The lowest BCUT2D eigenvalue weighted by Gasteiger charge is -2.18. The Labute approximate surface area is 112 Å². The summed E-state index contributed by atoms with van der Waals surface area (Å²) in [6.07, 6.45) is -0.844. The fourth-order valence-corrected chi connectivity index (χ4v) is 2.08. The number of benzene rings is 2. The summed E-state index contributed by atoms with van der Waals surface area (Å²) in [6.45, 7) is 3.76. The molecule has 2 aromatic rings. The van der Waals surface area contributed by atoms with Crippen LogP contribution in [0.3, 0.4) is 0 Å². The summed E-state index contributed by atoms with van der Waals surface area (Å²) < 4.78 is 4.93. The fourth-order valence-electron chi connectivity index (χ4n) is 2.08. The lowest BCUT2D eigenvalue weighted by atomic mass is 9.95. The minimum Gasteiger partial charge on any atom is -0.466 e. The average molecular weight is 258 g/mol. The first-order valence-electron chi connectivity index (χ1n) is 6.47. The first kappa shape index (κ1) is 13.6. The van der Waals surface area contributed by atoms with E-state index in [2.05, 4.69) is 0 Å². The lowest BCUT2D eigenvalue weighted by molar-refractivity contribution is -0.151. The molecule has 3 nitrogen and oxygen atoms in total. The van der Waals surface area contributed by atoms with Crippen molar-refractivity contribution in [3.8, 4) is 0 Å². The molecule has 0 saturated carbocycles. The Morgan fingerprint density at radius 2 is 1.89 bits per heavy atom. The molecule has 0 aliphatic heterocycles. The van der Waals surface area contributed by atoms with Gasteiger partial charge in [-0.2, -0.15) is 0 Å². The van der Waals surface area contributed by atoms with Crippen LogP contribution in [0.15, 0.2) is 42.5 Å². The van der Waals surface area contributed by atoms with Gasteiger partial charge in [0.05, 0.1) is 18.6 Å². The van der Waals surface area contributed by atoms with Crippen LogP contribution >= 0.6 is 0 Å². The van der Waals surface area contributed by atoms with E-state index in [4.69, 9.17) is 4.74 Å². The van der Waals surface area contributed by atoms with Crippen molar-refractivity contribution in [3.05, 3.63) is 48.0 Å². The van der Waals surface area contributed by atoms with Crippen LogP contribution in [-0.2, 0) is 9.53 Å². The number of carbonyl (C=O) groups excluding carboxylic acids is 1. The van der Waals surface area contributed by atoms with Crippen molar-refractivity contribution in [1.82, 2.24) is 0 Å². The predicted octanol–water partition coefficient (Wildman–Crippen LogP) is 3.07. The Morgan fingerprint density at radius 3 is 2.58 bits per heavy atom. The summed E-state index contributed by atoms with van der Waals surface area (Å²) in [5.41, 5.74) is 0.735. The summed E-state index contributed by atoms with van der Waals surface area (Å²) in [7, 11) is 0. The topological polar surface area (TPSA) is 46.5 Å². The van der Waals surface area contributed by atoms with Crippen molar-refractivity contribution < 1.29 is 14.6 Å². The van der Waals surface area contributed by atoms with Gasteiger partial charge in [-0.15, -0.1) is 0 Å². The zero-order valence-electron chi connectivity index (χ0n) is 11.2. The Bertz CT molecular complexity index is 577. The Morgan fingerprint density at radius 1 is 1.21 bits per heavy atom. The molecule has 0 heterocycles. The van der Waals surface area contributed by atoms with Gasteiger partial charge in [-0.3, -0.25) is 4.79 Å². The number of aliphatic hydroxyl groups is 1. The second-order valence-electron chi connectivity index (χ2n) is 4.59. The molecule has 0 amide bonds. The van der Waals surface area contributed by atoms with Gasteiger partial charge in [0.2, 0.25) is 0 Å². The highest BCUT2D eigenvalue weighted by atomic mass is 16.5.